The van der Waals surface area contributed by atoms with Crippen LogP contribution < -0.4 is 5.69 Å². The lowest BCUT2D eigenvalue weighted by Crippen LogP contribution is -2.09. The highest BCUT2D eigenvalue weighted by Gasteiger charge is 2.12. The minimum absolute atomic E-state index is 0.309. The fraction of sp³-hybridized carbons (Fsp3) is 0.182. The van der Waals surface area contributed by atoms with E-state index in [-0.39, 0.29) is 17.9 Å². The number of methoxy groups -OCH3 is 1. The number of carbonyl (C=O) groups is 2. The summed E-state index contributed by atoms with van der Waals surface area (Å²) >= 11 is 0. The molecule has 0 bridgehead atoms. The van der Waals surface area contributed by atoms with Crippen molar-refractivity contribution in [1.29, 1.82) is 0 Å². The largest absolute Gasteiger partial charge is 0.469 e. The first kappa shape index (κ1) is 11.1. The fourth-order valence-electron chi connectivity index (χ4n) is 1.51. The maximum Gasteiger partial charge on any atom is 0.323 e. The number of hydrogen-bond donors (Lipinski definition) is 2. The molecular weight excluding hydrogens is 224 g/mol. The van der Waals surface area contributed by atoms with Crippen molar-refractivity contribution in [3.63, 3.8) is 0 Å². The van der Waals surface area contributed by atoms with Crippen LogP contribution in [0.3, 0.4) is 0 Å². The summed E-state index contributed by atoms with van der Waals surface area (Å²) in [5, 5.41) is 0. The van der Waals surface area contributed by atoms with Crippen LogP contribution in [0.2, 0.25) is 0 Å². The van der Waals surface area contributed by atoms with E-state index in [1.165, 1.54) is 13.2 Å². The van der Waals surface area contributed by atoms with Crippen molar-refractivity contribution in [3.8, 4) is 0 Å². The Hall–Kier alpha value is -2.37. The summed E-state index contributed by atoms with van der Waals surface area (Å²) in [4.78, 5) is 38.7. The number of ether oxygens (including phenoxy) is 1. The van der Waals surface area contributed by atoms with E-state index in [2.05, 4.69) is 14.7 Å². The first-order valence-electron chi connectivity index (χ1n) is 4.92. The zero-order chi connectivity index (χ0) is 12.4. The Morgan fingerprint density at radius 2 is 1.94 bits per heavy atom. The molecule has 1 aromatic carbocycles. The third-order valence-corrected chi connectivity index (χ3v) is 2.37. The normalized spacial score (nSPS) is 10.4. The molecule has 0 saturated carbocycles. The average molecular weight is 234 g/mol. The number of rotatable bonds is 3. The number of nitrogens with one attached hydrogen (secondary N) is 2. The first-order valence-corrected chi connectivity index (χ1v) is 4.92. The number of benzene rings is 1. The summed E-state index contributed by atoms with van der Waals surface area (Å²) < 4.78 is 4.41. The van der Waals surface area contributed by atoms with E-state index in [4.69, 9.17) is 0 Å². The molecular formula is C11H10N2O4. The average Bonchev–Trinajstić information content (AvgIpc) is 2.67. The Balaban J connectivity index is 2.32. The lowest BCUT2D eigenvalue weighted by atomic mass is 10.1. The third kappa shape index (κ3) is 2.25. The van der Waals surface area contributed by atoms with Crippen molar-refractivity contribution in [2.24, 2.45) is 0 Å². The molecule has 88 valence electrons. The monoisotopic (exact) mass is 234 g/mol. The van der Waals surface area contributed by atoms with E-state index < -0.39 is 5.97 Å². The Kier molecular flexibility index (Phi) is 2.78. The second-order valence-corrected chi connectivity index (χ2v) is 3.52. The van der Waals surface area contributed by atoms with Gasteiger partial charge in [0, 0.05) is 5.56 Å². The van der Waals surface area contributed by atoms with Crippen LogP contribution >= 0.6 is 0 Å². The molecule has 0 saturated heterocycles. The number of esters is 1. The minimum Gasteiger partial charge on any atom is -0.469 e. The maximum atomic E-state index is 11.7. The van der Waals surface area contributed by atoms with Crippen LogP contribution in [-0.4, -0.2) is 28.8 Å². The summed E-state index contributed by atoms with van der Waals surface area (Å²) in [5.74, 6) is -0.932. The van der Waals surface area contributed by atoms with Crippen LogP contribution in [-0.2, 0) is 9.53 Å². The van der Waals surface area contributed by atoms with Gasteiger partial charge in [-0.1, -0.05) is 0 Å². The zero-order valence-electron chi connectivity index (χ0n) is 9.07. The highest BCUT2D eigenvalue weighted by Crippen LogP contribution is 2.12. The molecule has 0 spiro atoms. The Morgan fingerprint density at radius 1 is 1.24 bits per heavy atom. The number of hydrogen-bond acceptors (Lipinski definition) is 4. The van der Waals surface area contributed by atoms with Gasteiger partial charge in [-0.25, -0.2) is 4.79 Å². The molecule has 0 aliphatic rings. The number of aromatic nitrogens is 2. The lowest BCUT2D eigenvalue weighted by molar-refractivity contribution is -0.139. The molecule has 17 heavy (non-hydrogen) atoms. The van der Waals surface area contributed by atoms with Gasteiger partial charge in [-0.15, -0.1) is 0 Å². The second-order valence-electron chi connectivity index (χ2n) is 3.52. The number of fused-ring (bicyclic) bond motifs is 1. The number of ketones is 1. The van der Waals surface area contributed by atoms with Crippen molar-refractivity contribution < 1.29 is 14.3 Å². The van der Waals surface area contributed by atoms with Gasteiger partial charge < -0.3 is 14.7 Å². The number of H-pyrrole nitrogens is 2. The topological polar surface area (TPSA) is 92.0 Å². The van der Waals surface area contributed by atoms with Crippen molar-refractivity contribution in [2.45, 2.75) is 6.42 Å². The fourth-order valence-corrected chi connectivity index (χ4v) is 1.51. The van der Waals surface area contributed by atoms with Crippen molar-refractivity contribution in [1.82, 2.24) is 9.97 Å². The van der Waals surface area contributed by atoms with Crippen molar-refractivity contribution in [2.75, 3.05) is 7.11 Å². The number of carbonyl (C=O) groups excluding carboxylic acids is 2. The standard InChI is InChI=1S/C11H10N2O4/c1-17-10(15)5-9(14)6-2-3-7-8(4-6)13-11(16)12-7/h2-4H,5H2,1H3,(H2,12,13,16). The molecule has 2 aromatic rings. The van der Waals surface area contributed by atoms with Crippen molar-refractivity contribution >= 4 is 22.8 Å². The van der Waals surface area contributed by atoms with Gasteiger partial charge in [-0.3, -0.25) is 9.59 Å². The number of aromatic amines is 2. The van der Waals surface area contributed by atoms with E-state index in [0.29, 0.717) is 16.6 Å². The summed E-state index contributed by atoms with van der Waals surface area (Å²) in [5.41, 5.74) is 1.17. The smallest absolute Gasteiger partial charge is 0.323 e. The predicted octanol–water partition coefficient (Wildman–Crippen LogP) is 0.602. The molecule has 0 atom stereocenters. The molecule has 0 fully saturated rings. The van der Waals surface area contributed by atoms with Crippen LogP contribution in [0, 0.1) is 0 Å². The van der Waals surface area contributed by atoms with E-state index in [1.807, 2.05) is 0 Å². The van der Waals surface area contributed by atoms with E-state index in [1.54, 1.807) is 12.1 Å². The summed E-state index contributed by atoms with van der Waals surface area (Å²) in [6, 6.07) is 4.69. The summed E-state index contributed by atoms with van der Waals surface area (Å²) in [6.45, 7) is 0. The Bertz CT molecular complexity index is 638. The SMILES string of the molecule is COC(=O)CC(=O)c1ccc2[nH]c(=O)[nH]c2c1. The van der Waals surface area contributed by atoms with Crippen molar-refractivity contribution in [3.05, 3.63) is 34.2 Å². The molecule has 2 rings (SSSR count). The molecule has 0 aliphatic heterocycles. The van der Waals surface area contributed by atoms with E-state index >= 15 is 0 Å². The highest BCUT2D eigenvalue weighted by molar-refractivity contribution is 6.07. The molecule has 0 unspecified atom stereocenters. The second kappa shape index (κ2) is 4.25. The molecule has 6 heteroatoms. The molecule has 0 aliphatic carbocycles. The minimum atomic E-state index is -0.586. The lowest BCUT2D eigenvalue weighted by Gasteiger charge is -1.99. The van der Waals surface area contributed by atoms with E-state index in [0.717, 1.165) is 0 Å². The molecule has 1 heterocycles. The van der Waals surface area contributed by atoms with Gasteiger partial charge in [-0.2, -0.15) is 0 Å². The molecule has 0 radical (unpaired) electrons. The van der Waals surface area contributed by atoms with Gasteiger partial charge in [0.2, 0.25) is 0 Å². The quantitative estimate of drug-likeness (QED) is 0.462. The van der Waals surface area contributed by atoms with Crippen LogP contribution in [0.25, 0.3) is 11.0 Å². The predicted molar refractivity (Wildman–Crippen MR) is 59.9 cm³/mol. The number of Topliss-reactive ketones (excluding diaryl/α,β-unsaturated/α-hetero) is 1. The number of imidazole rings is 1. The third-order valence-electron chi connectivity index (χ3n) is 2.37. The zero-order valence-corrected chi connectivity index (χ0v) is 9.07. The molecule has 2 N–H and O–H groups in total. The van der Waals surface area contributed by atoms with Gasteiger partial charge in [-0.05, 0) is 18.2 Å². The highest BCUT2D eigenvalue weighted by atomic mass is 16.5. The summed E-state index contributed by atoms with van der Waals surface area (Å²) in [6.07, 6.45) is -0.309. The van der Waals surface area contributed by atoms with Gasteiger partial charge >= 0.3 is 11.7 Å². The maximum absolute atomic E-state index is 11.7. The van der Waals surface area contributed by atoms with Crippen LogP contribution in [0.15, 0.2) is 23.0 Å². The summed E-state index contributed by atoms with van der Waals surface area (Å²) in [7, 11) is 1.22. The Labute approximate surface area is 95.6 Å². The van der Waals surface area contributed by atoms with Crippen LogP contribution in [0.5, 0.6) is 0 Å². The van der Waals surface area contributed by atoms with Gasteiger partial charge in [0.25, 0.3) is 0 Å². The van der Waals surface area contributed by atoms with Crippen LogP contribution in [0.1, 0.15) is 16.8 Å². The Morgan fingerprint density at radius 3 is 2.65 bits per heavy atom. The van der Waals surface area contributed by atoms with Gasteiger partial charge in [0.1, 0.15) is 6.42 Å². The first-order chi connectivity index (χ1) is 8.10. The van der Waals surface area contributed by atoms with Gasteiger partial charge in [0.15, 0.2) is 5.78 Å². The molecule has 0 amide bonds. The van der Waals surface area contributed by atoms with Crippen LogP contribution in [0.4, 0.5) is 0 Å². The van der Waals surface area contributed by atoms with E-state index in [9.17, 15) is 14.4 Å². The van der Waals surface area contributed by atoms with Gasteiger partial charge in [0.05, 0.1) is 18.1 Å². The molecule has 6 nitrogen and oxygen atoms in total. The molecule has 1 aromatic heterocycles.